The average molecular weight is 319 g/mol. The Hall–Kier alpha value is -0.290. The molecule has 0 aromatic heterocycles. The van der Waals surface area contributed by atoms with Gasteiger partial charge in [0.2, 0.25) is 0 Å². The van der Waals surface area contributed by atoms with Crippen LogP contribution in [0.2, 0.25) is 0 Å². The van der Waals surface area contributed by atoms with Gasteiger partial charge in [-0.05, 0) is 5.57 Å². The second kappa shape index (κ2) is 5.56. The first-order valence-electron chi connectivity index (χ1n) is 4.17. The second-order valence-corrected chi connectivity index (χ2v) is 6.35. The van der Waals surface area contributed by atoms with E-state index in [1.807, 2.05) is 6.07 Å². The zero-order chi connectivity index (χ0) is 10.4. The molecule has 0 bridgehead atoms. The van der Waals surface area contributed by atoms with Gasteiger partial charge in [-0.25, -0.2) is 0 Å². The Morgan fingerprint density at radius 3 is 2.71 bits per heavy atom. The van der Waals surface area contributed by atoms with Gasteiger partial charge in [0.25, 0.3) is 0 Å². The van der Waals surface area contributed by atoms with Gasteiger partial charge in [-0.15, -0.1) is 0 Å². The van der Waals surface area contributed by atoms with Crippen molar-refractivity contribution in [2.75, 3.05) is 13.2 Å². The Kier molecular flexibility index (Phi) is 4.68. The summed E-state index contributed by atoms with van der Waals surface area (Å²) >= 11 is 6.89. The largest absolute Gasteiger partial charge is 0.368 e. The summed E-state index contributed by atoms with van der Waals surface area (Å²) < 4.78 is 5.03. The van der Waals surface area contributed by atoms with E-state index in [2.05, 4.69) is 49.8 Å². The van der Waals surface area contributed by atoms with Gasteiger partial charge in [0.15, 0.2) is 0 Å². The topological polar surface area (TPSA) is 33.0 Å². The third-order valence-corrected chi connectivity index (χ3v) is 3.11. The number of rotatable bonds is 4. The maximum absolute atomic E-state index is 8.22. The van der Waals surface area contributed by atoms with E-state index >= 15 is 0 Å². The third kappa shape index (κ3) is 4.28. The number of hydrogen-bond donors (Lipinski definition) is 0. The number of ether oxygens (including phenoxy) is 1. The van der Waals surface area contributed by atoms with Gasteiger partial charge in [0.05, 0.1) is 19.1 Å². The molecule has 0 aromatic carbocycles. The van der Waals surface area contributed by atoms with Crippen LogP contribution in [0.4, 0.5) is 0 Å². The van der Waals surface area contributed by atoms with Gasteiger partial charge in [-0.2, -0.15) is 5.26 Å². The minimum atomic E-state index is -0.0592. The highest BCUT2D eigenvalue weighted by Crippen LogP contribution is 2.50. The zero-order valence-electron chi connectivity index (χ0n) is 7.52. The number of halogens is 2. The van der Waals surface area contributed by atoms with Crippen LogP contribution < -0.4 is 0 Å². The number of alkyl halides is 2. The van der Waals surface area contributed by atoms with E-state index in [0.717, 1.165) is 6.42 Å². The van der Waals surface area contributed by atoms with Crippen molar-refractivity contribution in [3.05, 3.63) is 11.6 Å². The molecule has 1 aliphatic rings. The second-order valence-electron chi connectivity index (χ2n) is 2.78. The standard InChI is InChI=1S/C10H9Br2NO/c11-10(12)8-9(10)4-1-2-6-14-7-3-5-13/h8H,3-4,6-7H2. The lowest BCUT2D eigenvalue weighted by molar-refractivity contribution is 0.173. The molecule has 0 N–H and O–H groups in total. The smallest absolute Gasteiger partial charge is 0.121 e. The van der Waals surface area contributed by atoms with Crippen LogP contribution in [0.15, 0.2) is 11.6 Å². The lowest BCUT2D eigenvalue weighted by Gasteiger charge is -1.94. The first-order valence-corrected chi connectivity index (χ1v) is 5.76. The first-order chi connectivity index (χ1) is 6.67. The van der Waals surface area contributed by atoms with Crippen molar-refractivity contribution in [3.8, 4) is 17.9 Å². The summed E-state index contributed by atoms with van der Waals surface area (Å²) in [6.07, 6.45) is 3.26. The lowest BCUT2D eigenvalue weighted by Crippen LogP contribution is -1.93. The van der Waals surface area contributed by atoms with Gasteiger partial charge >= 0.3 is 0 Å². The Labute approximate surface area is 101 Å². The summed E-state index contributed by atoms with van der Waals surface area (Å²) in [7, 11) is 0. The molecule has 1 rings (SSSR count). The molecule has 0 radical (unpaired) electrons. The number of nitrogens with zero attached hydrogens (tertiary/aromatic N) is 1. The minimum Gasteiger partial charge on any atom is -0.368 e. The highest BCUT2D eigenvalue weighted by atomic mass is 79.9. The van der Waals surface area contributed by atoms with Crippen LogP contribution >= 0.6 is 31.9 Å². The van der Waals surface area contributed by atoms with Gasteiger partial charge in [0.1, 0.15) is 9.84 Å². The van der Waals surface area contributed by atoms with E-state index in [1.54, 1.807) is 0 Å². The van der Waals surface area contributed by atoms with E-state index in [-0.39, 0.29) is 3.23 Å². The molecule has 4 heteroatoms. The fourth-order valence-corrected chi connectivity index (χ4v) is 1.63. The highest BCUT2D eigenvalue weighted by Gasteiger charge is 2.37. The zero-order valence-corrected chi connectivity index (χ0v) is 10.7. The van der Waals surface area contributed by atoms with Crippen LogP contribution in [0.1, 0.15) is 12.8 Å². The van der Waals surface area contributed by atoms with E-state index in [1.165, 1.54) is 5.57 Å². The van der Waals surface area contributed by atoms with Crippen LogP contribution in [-0.4, -0.2) is 16.4 Å². The molecule has 0 saturated heterocycles. The predicted molar refractivity (Wildman–Crippen MR) is 62.1 cm³/mol. The molecule has 0 atom stereocenters. The number of allylic oxidation sites excluding steroid dienone is 2. The lowest BCUT2D eigenvalue weighted by atomic mass is 10.3. The van der Waals surface area contributed by atoms with Crippen molar-refractivity contribution in [3.63, 3.8) is 0 Å². The summed E-state index contributed by atoms with van der Waals surface area (Å²) in [4.78, 5) is 0. The van der Waals surface area contributed by atoms with Gasteiger partial charge in [0, 0.05) is 6.42 Å². The first kappa shape index (κ1) is 11.8. The molecular weight excluding hydrogens is 310 g/mol. The molecule has 74 valence electrons. The van der Waals surface area contributed by atoms with Crippen molar-refractivity contribution in [2.24, 2.45) is 0 Å². The van der Waals surface area contributed by atoms with Crippen molar-refractivity contribution in [1.29, 1.82) is 5.26 Å². The SMILES string of the molecule is N#CCCOCC#CCC1=CC1(Br)Br. The molecular formula is C10H9Br2NO. The van der Waals surface area contributed by atoms with E-state index in [4.69, 9.17) is 10.00 Å². The maximum atomic E-state index is 8.22. The Bertz CT molecular complexity index is 330. The van der Waals surface area contributed by atoms with Crippen LogP contribution in [0.25, 0.3) is 0 Å². The van der Waals surface area contributed by atoms with Crippen molar-refractivity contribution < 1.29 is 4.74 Å². The molecule has 0 unspecified atom stereocenters. The van der Waals surface area contributed by atoms with E-state index in [9.17, 15) is 0 Å². The summed E-state index contributed by atoms with van der Waals surface area (Å²) in [6, 6.07) is 2.00. The monoisotopic (exact) mass is 317 g/mol. The van der Waals surface area contributed by atoms with Crippen LogP contribution in [0, 0.1) is 23.2 Å². The van der Waals surface area contributed by atoms with Gasteiger partial charge in [-0.3, -0.25) is 0 Å². The van der Waals surface area contributed by atoms with Crippen LogP contribution in [0.5, 0.6) is 0 Å². The van der Waals surface area contributed by atoms with Gasteiger partial charge < -0.3 is 4.74 Å². The molecule has 0 aromatic rings. The summed E-state index contributed by atoms with van der Waals surface area (Å²) in [5, 5.41) is 8.22. The van der Waals surface area contributed by atoms with E-state index < -0.39 is 0 Å². The fourth-order valence-electron chi connectivity index (χ4n) is 0.801. The summed E-state index contributed by atoms with van der Waals surface area (Å²) in [5.41, 5.74) is 1.25. The summed E-state index contributed by atoms with van der Waals surface area (Å²) in [6.45, 7) is 0.876. The van der Waals surface area contributed by atoms with Crippen LogP contribution in [-0.2, 0) is 4.74 Å². The van der Waals surface area contributed by atoms with Crippen LogP contribution in [0.3, 0.4) is 0 Å². The molecule has 0 fully saturated rings. The molecule has 0 saturated carbocycles. The molecule has 0 aliphatic heterocycles. The highest BCUT2D eigenvalue weighted by molar-refractivity contribution is 9.26. The molecule has 14 heavy (non-hydrogen) atoms. The molecule has 0 amide bonds. The van der Waals surface area contributed by atoms with E-state index in [0.29, 0.717) is 19.6 Å². The molecule has 1 aliphatic carbocycles. The minimum absolute atomic E-state index is 0.0592. The fraction of sp³-hybridized carbons (Fsp3) is 0.500. The van der Waals surface area contributed by atoms with Gasteiger partial charge in [-0.1, -0.05) is 49.8 Å². The predicted octanol–water partition coefficient (Wildman–Crippen LogP) is 2.74. The number of hydrogen-bond acceptors (Lipinski definition) is 2. The molecule has 2 nitrogen and oxygen atoms in total. The Morgan fingerprint density at radius 2 is 2.14 bits per heavy atom. The van der Waals surface area contributed by atoms with Crippen molar-refractivity contribution >= 4 is 31.9 Å². The van der Waals surface area contributed by atoms with Crippen molar-refractivity contribution in [1.82, 2.24) is 0 Å². The molecule has 0 heterocycles. The average Bonchev–Trinajstić information content (AvgIpc) is 2.73. The summed E-state index contributed by atoms with van der Waals surface area (Å²) in [5.74, 6) is 5.88. The quantitative estimate of drug-likeness (QED) is 0.345. The molecule has 0 spiro atoms. The number of nitriles is 1. The third-order valence-electron chi connectivity index (χ3n) is 1.64. The normalized spacial score (nSPS) is 16.2. The van der Waals surface area contributed by atoms with Crippen molar-refractivity contribution in [2.45, 2.75) is 16.1 Å². The Balaban J connectivity index is 2.00. The maximum Gasteiger partial charge on any atom is 0.121 e. The Morgan fingerprint density at radius 1 is 1.43 bits per heavy atom.